The van der Waals surface area contributed by atoms with Crippen molar-refractivity contribution in [3.8, 4) is 10.6 Å². The van der Waals surface area contributed by atoms with Crippen LogP contribution in [0.25, 0.3) is 10.6 Å². The molecule has 1 N–H and O–H groups in total. The molecule has 1 aromatic heterocycles. The van der Waals surface area contributed by atoms with Gasteiger partial charge in [-0.2, -0.15) is 0 Å². The minimum atomic E-state index is -0.109. The number of thiazole rings is 1. The van der Waals surface area contributed by atoms with Gasteiger partial charge in [-0.05, 0) is 12.0 Å². The van der Waals surface area contributed by atoms with Gasteiger partial charge in [0.15, 0.2) is 0 Å². The average molecular weight is 254 g/mol. The Morgan fingerprint density at radius 3 is 2.50 bits per heavy atom. The van der Waals surface area contributed by atoms with Crippen LogP contribution in [0.1, 0.15) is 18.2 Å². The summed E-state index contributed by atoms with van der Waals surface area (Å²) in [7, 11) is 0. The second-order valence-corrected chi connectivity index (χ2v) is 5.05. The van der Waals surface area contributed by atoms with Crippen molar-refractivity contribution in [1.82, 2.24) is 4.98 Å². The summed E-state index contributed by atoms with van der Waals surface area (Å²) in [4.78, 5) is 4.29. The molecule has 2 aromatic rings. The Labute approximate surface area is 104 Å². The Hall–Kier alpha value is -0.900. The van der Waals surface area contributed by atoms with Crippen molar-refractivity contribution in [3.05, 3.63) is 39.9 Å². The van der Waals surface area contributed by atoms with Crippen LogP contribution in [0.15, 0.2) is 24.3 Å². The van der Waals surface area contributed by atoms with Gasteiger partial charge < -0.3 is 5.11 Å². The van der Waals surface area contributed by atoms with Crippen LogP contribution in [0.3, 0.4) is 0 Å². The van der Waals surface area contributed by atoms with Crippen molar-refractivity contribution < 1.29 is 5.11 Å². The first kappa shape index (κ1) is 11.6. The maximum atomic E-state index is 9.02. The number of hydrogen-bond donors (Lipinski definition) is 1. The van der Waals surface area contributed by atoms with Crippen molar-refractivity contribution in [1.29, 1.82) is 0 Å². The van der Waals surface area contributed by atoms with Crippen LogP contribution < -0.4 is 0 Å². The highest BCUT2D eigenvalue weighted by Crippen LogP contribution is 2.31. The molecule has 2 nitrogen and oxygen atoms in total. The Kier molecular flexibility index (Phi) is 3.59. The van der Waals surface area contributed by atoms with Gasteiger partial charge in [0.05, 0.1) is 12.3 Å². The van der Waals surface area contributed by atoms with E-state index in [0.29, 0.717) is 10.0 Å². The Morgan fingerprint density at radius 1 is 1.31 bits per heavy atom. The maximum Gasteiger partial charge on any atom is 0.125 e. The molecular formula is C12H12ClNOS. The van der Waals surface area contributed by atoms with Crippen LogP contribution in [0.2, 0.25) is 4.34 Å². The second kappa shape index (κ2) is 4.95. The normalized spacial score (nSPS) is 10.7. The molecule has 0 radical (unpaired) electrons. The summed E-state index contributed by atoms with van der Waals surface area (Å²) in [6.07, 6.45) is 1.03. The molecule has 0 atom stereocenters. The van der Waals surface area contributed by atoms with Crippen LogP contribution in [-0.2, 0) is 13.0 Å². The molecule has 1 aromatic carbocycles. The summed E-state index contributed by atoms with van der Waals surface area (Å²) in [5.74, 6) is 0. The molecule has 0 aliphatic carbocycles. The van der Waals surface area contributed by atoms with Gasteiger partial charge in [-0.25, -0.2) is 4.98 Å². The molecule has 0 fully saturated rings. The number of aryl methyl sites for hydroxylation is 1. The van der Waals surface area contributed by atoms with E-state index >= 15 is 0 Å². The maximum absolute atomic E-state index is 9.02. The minimum Gasteiger partial charge on any atom is -0.390 e. The lowest BCUT2D eigenvalue weighted by atomic mass is 10.1. The van der Waals surface area contributed by atoms with Gasteiger partial charge in [0, 0.05) is 5.56 Å². The molecule has 0 saturated carbocycles. The predicted molar refractivity (Wildman–Crippen MR) is 67.9 cm³/mol. The molecule has 0 aliphatic heterocycles. The van der Waals surface area contributed by atoms with Gasteiger partial charge in [0.1, 0.15) is 9.34 Å². The first-order valence-electron chi connectivity index (χ1n) is 5.10. The quantitative estimate of drug-likeness (QED) is 0.908. The molecule has 0 spiro atoms. The van der Waals surface area contributed by atoms with E-state index < -0.39 is 0 Å². The van der Waals surface area contributed by atoms with Crippen LogP contribution in [0.4, 0.5) is 0 Å². The number of rotatable bonds is 3. The summed E-state index contributed by atoms with van der Waals surface area (Å²) in [5.41, 5.74) is 2.90. The highest BCUT2D eigenvalue weighted by atomic mass is 35.5. The van der Waals surface area contributed by atoms with Crippen molar-refractivity contribution in [2.24, 2.45) is 0 Å². The zero-order valence-corrected chi connectivity index (χ0v) is 10.5. The SMILES string of the molecule is CCc1ccc(-c2nc(CO)c(Cl)s2)cc1. The lowest BCUT2D eigenvalue weighted by molar-refractivity contribution is 0.278. The molecule has 84 valence electrons. The summed E-state index contributed by atoms with van der Waals surface area (Å²) in [5, 5.41) is 9.88. The van der Waals surface area contributed by atoms with E-state index in [-0.39, 0.29) is 6.61 Å². The number of hydrogen-bond acceptors (Lipinski definition) is 3. The molecule has 16 heavy (non-hydrogen) atoms. The number of aliphatic hydroxyl groups excluding tert-OH is 1. The molecular weight excluding hydrogens is 242 g/mol. The molecule has 0 aliphatic rings. The molecule has 1 heterocycles. The van der Waals surface area contributed by atoms with E-state index in [1.54, 1.807) is 0 Å². The van der Waals surface area contributed by atoms with Gasteiger partial charge >= 0.3 is 0 Å². The monoisotopic (exact) mass is 253 g/mol. The number of nitrogens with zero attached hydrogens (tertiary/aromatic N) is 1. The molecule has 0 unspecified atom stereocenters. The summed E-state index contributed by atoms with van der Waals surface area (Å²) in [6, 6.07) is 8.25. The van der Waals surface area contributed by atoms with Crippen LogP contribution >= 0.6 is 22.9 Å². The fourth-order valence-corrected chi connectivity index (χ4v) is 2.57. The number of halogens is 1. The van der Waals surface area contributed by atoms with Crippen molar-refractivity contribution in [3.63, 3.8) is 0 Å². The van der Waals surface area contributed by atoms with Gasteiger partial charge in [-0.1, -0.05) is 42.8 Å². The molecule has 2 rings (SSSR count). The standard InChI is InChI=1S/C12H12ClNOS/c1-2-8-3-5-9(6-4-8)12-14-10(7-15)11(13)16-12/h3-6,15H,2,7H2,1H3. The molecule has 0 amide bonds. The first-order valence-corrected chi connectivity index (χ1v) is 6.29. The molecule has 0 saturated heterocycles. The smallest absolute Gasteiger partial charge is 0.125 e. The Balaban J connectivity index is 2.34. The highest BCUT2D eigenvalue weighted by molar-refractivity contribution is 7.19. The van der Waals surface area contributed by atoms with Crippen molar-refractivity contribution in [2.75, 3.05) is 0 Å². The van der Waals surface area contributed by atoms with E-state index in [0.717, 1.165) is 17.0 Å². The number of aliphatic hydroxyl groups is 1. The minimum absolute atomic E-state index is 0.109. The Bertz CT molecular complexity index is 478. The Morgan fingerprint density at radius 2 is 2.00 bits per heavy atom. The summed E-state index contributed by atoms with van der Waals surface area (Å²) >= 11 is 7.35. The summed E-state index contributed by atoms with van der Waals surface area (Å²) in [6.45, 7) is 2.02. The summed E-state index contributed by atoms with van der Waals surface area (Å²) < 4.78 is 0.567. The van der Waals surface area contributed by atoms with Gasteiger partial charge in [0.25, 0.3) is 0 Å². The van der Waals surface area contributed by atoms with E-state index in [2.05, 4.69) is 24.0 Å². The van der Waals surface area contributed by atoms with Gasteiger partial charge in [-0.15, -0.1) is 11.3 Å². The third-order valence-corrected chi connectivity index (χ3v) is 3.79. The zero-order valence-electron chi connectivity index (χ0n) is 8.90. The third-order valence-electron chi connectivity index (χ3n) is 2.41. The fourth-order valence-electron chi connectivity index (χ4n) is 1.44. The molecule has 0 bridgehead atoms. The van der Waals surface area contributed by atoms with Gasteiger partial charge in [-0.3, -0.25) is 0 Å². The van der Waals surface area contributed by atoms with Crippen LogP contribution in [0, 0.1) is 0 Å². The predicted octanol–water partition coefficient (Wildman–Crippen LogP) is 3.52. The highest BCUT2D eigenvalue weighted by Gasteiger charge is 2.09. The van der Waals surface area contributed by atoms with Crippen LogP contribution in [0.5, 0.6) is 0 Å². The largest absolute Gasteiger partial charge is 0.390 e. The first-order chi connectivity index (χ1) is 7.74. The fraction of sp³-hybridized carbons (Fsp3) is 0.250. The lowest BCUT2D eigenvalue weighted by Gasteiger charge is -1.98. The average Bonchev–Trinajstić information content (AvgIpc) is 2.71. The van der Waals surface area contributed by atoms with E-state index in [1.165, 1.54) is 16.9 Å². The van der Waals surface area contributed by atoms with Crippen molar-refractivity contribution >= 4 is 22.9 Å². The lowest BCUT2D eigenvalue weighted by Crippen LogP contribution is -1.84. The number of benzene rings is 1. The van der Waals surface area contributed by atoms with E-state index in [4.69, 9.17) is 16.7 Å². The van der Waals surface area contributed by atoms with Crippen LogP contribution in [-0.4, -0.2) is 10.1 Å². The van der Waals surface area contributed by atoms with E-state index in [9.17, 15) is 0 Å². The van der Waals surface area contributed by atoms with Gasteiger partial charge in [0.2, 0.25) is 0 Å². The number of aromatic nitrogens is 1. The van der Waals surface area contributed by atoms with Crippen molar-refractivity contribution in [2.45, 2.75) is 20.0 Å². The molecule has 4 heteroatoms. The third kappa shape index (κ3) is 2.26. The zero-order chi connectivity index (χ0) is 11.5. The van der Waals surface area contributed by atoms with E-state index in [1.807, 2.05) is 12.1 Å². The topological polar surface area (TPSA) is 33.1 Å². The second-order valence-electron chi connectivity index (χ2n) is 3.45.